The van der Waals surface area contributed by atoms with Gasteiger partial charge in [0.15, 0.2) is 5.60 Å². The van der Waals surface area contributed by atoms with Crippen molar-refractivity contribution < 1.29 is 29.6 Å². The zero-order chi connectivity index (χ0) is 16.9. The van der Waals surface area contributed by atoms with E-state index in [4.69, 9.17) is 9.47 Å². The van der Waals surface area contributed by atoms with E-state index in [-0.39, 0.29) is 11.3 Å². The first-order chi connectivity index (χ1) is 10.3. The van der Waals surface area contributed by atoms with Crippen molar-refractivity contribution in [2.75, 3.05) is 20.3 Å². The second-order valence-corrected chi connectivity index (χ2v) is 5.08. The smallest absolute Gasteiger partial charge is 0.333 e. The molecule has 1 rings (SSSR count). The molecule has 6 heteroatoms. The van der Waals surface area contributed by atoms with E-state index in [1.807, 2.05) is 0 Å². The summed E-state index contributed by atoms with van der Waals surface area (Å²) >= 11 is 0. The summed E-state index contributed by atoms with van der Waals surface area (Å²) in [6.07, 6.45) is 1.58. The van der Waals surface area contributed by atoms with Crippen LogP contribution in [0.15, 0.2) is 23.8 Å². The van der Waals surface area contributed by atoms with Gasteiger partial charge in [-0.25, -0.2) is 4.79 Å². The number of esters is 1. The number of ether oxygens (including phenoxy) is 2. The molecule has 122 valence electrons. The number of aromatic hydroxyl groups is 1. The summed E-state index contributed by atoms with van der Waals surface area (Å²) in [6.45, 7) is 3.77. The van der Waals surface area contributed by atoms with Crippen LogP contribution in [0.3, 0.4) is 0 Å². The number of carbonyl (C=O) groups is 1. The highest BCUT2D eigenvalue weighted by Gasteiger charge is 2.34. The number of aliphatic hydroxyl groups excluding tert-OH is 1. The van der Waals surface area contributed by atoms with Crippen molar-refractivity contribution in [2.24, 2.45) is 0 Å². The highest BCUT2D eigenvalue weighted by atomic mass is 16.5. The molecule has 1 atom stereocenters. The van der Waals surface area contributed by atoms with E-state index in [0.29, 0.717) is 16.9 Å². The number of carbonyl (C=O) groups excluding carboxylic acids is 1. The highest BCUT2D eigenvalue weighted by molar-refractivity contribution is 5.87. The van der Waals surface area contributed by atoms with Crippen LogP contribution in [0.2, 0.25) is 0 Å². The largest absolute Gasteiger partial charge is 0.508 e. The van der Waals surface area contributed by atoms with Crippen molar-refractivity contribution in [1.29, 1.82) is 0 Å². The van der Waals surface area contributed by atoms with Crippen LogP contribution in [-0.2, 0) is 15.1 Å². The van der Waals surface area contributed by atoms with Gasteiger partial charge in [-0.05, 0) is 38.5 Å². The normalized spacial score (nSPS) is 14.4. The summed E-state index contributed by atoms with van der Waals surface area (Å²) in [5.74, 6) is -0.378. The molecule has 22 heavy (non-hydrogen) atoms. The number of hydrogen-bond acceptors (Lipinski definition) is 6. The summed E-state index contributed by atoms with van der Waals surface area (Å²) in [6, 6.07) is 2.82. The third-order valence-corrected chi connectivity index (χ3v) is 3.47. The van der Waals surface area contributed by atoms with Gasteiger partial charge in [0.05, 0.1) is 13.7 Å². The molecular formula is C16H22O6. The van der Waals surface area contributed by atoms with Crippen LogP contribution in [0.25, 0.3) is 0 Å². The van der Waals surface area contributed by atoms with Gasteiger partial charge in [-0.1, -0.05) is 6.08 Å². The molecule has 0 amide bonds. The van der Waals surface area contributed by atoms with Gasteiger partial charge >= 0.3 is 5.97 Å². The van der Waals surface area contributed by atoms with Crippen molar-refractivity contribution in [3.8, 4) is 11.5 Å². The Morgan fingerprint density at radius 3 is 2.55 bits per heavy atom. The number of allylic oxidation sites excluding steroid dienone is 1. The fourth-order valence-corrected chi connectivity index (χ4v) is 1.89. The van der Waals surface area contributed by atoms with E-state index in [1.165, 1.54) is 19.2 Å². The Labute approximate surface area is 129 Å². The van der Waals surface area contributed by atoms with Gasteiger partial charge < -0.3 is 24.8 Å². The average molecular weight is 310 g/mol. The quantitative estimate of drug-likeness (QED) is 0.543. The molecule has 6 nitrogen and oxygen atoms in total. The van der Waals surface area contributed by atoms with Gasteiger partial charge in [0.25, 0.3) is 0 Å². The molecule has 1 aromatic carbocycles. The van der Waals surface area contributed by atoms with Crippen molar-refractivity contribution in [3.63, 3.8) is 0 Å². The number of aryl methyl sites for hydroxylation is 1. The molecule has 0 unspecified atom stereocenters. The first-order valence-corrected chi connectivity index (χ1v) is 6.80. The summed E-state index contributed by atoms with van der Waals surface area (Å²) in [5.41, 5.74) is -0.838. The molecule has 0 spiro atoms. The van der Waals surface area contributed by atoms with Crippen molar-refractivity contribution in [3.05, 3.63) is 34.9 Å². The van der Waals surface area contributed by atoms with Gasteiger partial charge in [0, 0.05) is 11.1 Å². The lowest BCUT2D eigenvalue weighted by Crippen LogP contribution is -2.37. The number of phenols is 1. The maximum absolute atomic E-state index is 11.7. The lowest BCUT2D eigenvalue weighted by atomic mass is 9.93. The molecule has 0 bridgehead atoms. The summed E-state index contributed by atoms with van der Waals surface area (Å²) < 4.78 is 10.1. The molecule has 0 heterocycles. The molecule has 1 aromatic rings. The van der Waals surface area contributed by atoms with Crippen molar-refractivity contribution in [2.45, 2.75) is 26.4 Å². The van der Waals surface area contributed by atoms with E-state index in [9.17, 15) is 20.1 Å². The molecule has 0 aliphatic carbocycles. The van der Waals surface area contributed by atoms with E-state index in [2.05, 4.69) is 0 Å². The second kappa shape index (κ2) is 7.29. The van der Waals surface area contributed by atoms with Crippen LogP contribution < -0.4 is 4.74 Å². The lowest BCUT2D eigenvalue weighted by molar-refractivity contribution is -0.150. The average Bonchev–Trinajstić information content (AvgIpc) is 2.51. The molecule has 0 saturated heterocycles. The maximum atomic E-state index is 11.7. The fraction of sp³-hybridized carbons (Fsp3) is 0.438. The fourth-order valence-electron chi connectivity index (χ4n) is 1.89. The molecule has 0 aromatic heterocycles. The number of rotatable bonds is 6. The maximum Gasteiger partial charge on any atom is 0.333 e. The first kappa shape index (κ1) is 18.0. The van der Waals surface area contributed by atoms with Crippen LogP contribution in [0.5, 0.6) is 11.5 Å². The van der Waals surface area contributed by atoms with Gasteiger partial charge in [0.1, 0.15) is 18.1 Å². The Bertz CT molecular complexity index is 578. The number of methoxy groups -OCH3 is 1. The second-order valence-electron chi connectivity index (χ2n) is 5.08. The van der Waals surface area contributed by atoms with Crippen LogP contribution >= 0.6 is 0 Å². The predicted octanol–water partition coefficient (Wildman–Crippen LogP) is 1.40. The Morgan fingerprint density at radius 2 is 2.05 bits per heavy atom. The standard InChI is InChI=1S/C16H22O6/c1-5-10(2)15(19)22-9-16(20,8-17)12-7-14(21-4)11(3)6-13(12)18/h5-7,17-18,20H,8-9H2,1-4H3/t16-/m1/s1. The minimum absolute atomic E-state index is 0.0309. The minimum Gasteiger partial charge on any atom is -0.508 e. The number of aliphatic hydroxyl groups is 2. The van der Waals surface area contributed by atoms with Gasteiger partial charge in [-0.2, -0.15) is 0 Å². The van der Waals surface area contributed by atoms with Gasteiger partial charge in [0.2, 0.25) is 0 Å². The Balaban J connectivity index is 3.10. The summed E-state index contributed by atoms with van der Waals surface area (Å²) in [4.78, 5) is 11.7. The lowest BCUT2D eigenvalue weighted by Gasteiger charge is -2.27. The summed E-state index contributed by atoms with van der Waals surface area (Å²) in [5, 5.41) is 30.0. The Morgan fingerprint density at radius 1 is 1.41 bits per heavy atom. The van der Waals surface area contributed by atoms with Crippen molar-refractivity contribution in [1.82, 2.24) is 0 Å². The highest BCUT2D eigenvalue weighted by Crippen LogP contribution is 2.35. The van der Waals surface area contributed by atoms with Gasteiger partial charge in [-0.3, -0.25) is 0 Å². The SMILES string of the molecule is CC=C(C)C(=O)OC[C@](O)(CO)c1cc(OC)c(C)cc1O. The minimum atomic E-state index is -1.92. The molecule has 0 aliphatic rings. The van der Waals surface area contributed by atoms with Crippen LogP contribution in [0.1, 0.15) is 25.0 Å². The first-order valence-electron chi connectivity index (χ1n) is 6.80. The number of benzene rings is 1. The zero-order valence-corrected chi connectivity index (χ0v) is 13.2. The van der Waals surface area contributed by atoms with E-state index in [0.717, 1.165) is 0 Å². The van der Waals surface area contributed by atoms with E-state index < -0.39 is 24.8 Å². The monoisotopic (exact) mass is 310 g/mol. The van der Waals surface area contributed by atoms with Gasteiger partial charge in [-0.15, -0.1) is 0 Å². The zero-order valence-electron chi connectivity index (χ0n) is 13.2. The molecular weight excluding hydrogens is 288 g/mol. The molecule has 0 radical (unpaired) electrons. The number of phenolic OH excluding ortho intramolecular Hbond substituents is 1. The summed E-state index contributed by atoms with van der Waals surface area (Å²) in [7, 11) is 1.45. The van der Waals surface area contributed by atoms with Crippen molar-refractivity contribution >= 4 is 5.97 Å². The third-order valence-electron chi connectivity index (χ3n) is 3.47. The molecule has 0 aliphatic heterocycles. The molecule has 0 saturated carbocycles. The van der Waals surface area contributed by atoms with E-state index >= 15 is 0 Å². The van der Waals surface area contributed by atoms with Crippen LogP contribution in [-0.4, -0.2) is 41.6 Å². The predicted molar refractivity (Wildman–Crippen MR) is 80.8 cm³/mol. The van der Waals surface area contributed by atoms with E-state index in [1.54, 1.807) is 26.8 Å². The Kier molecular flexibility index (Phi) is 5.96. The number of hydrogen-bond donors (Lipinski definition) is 3. The van der Waals surface area contributed by atoms with Crippen LogP contribution in [0.4, 0.5) is 0 Å². The molecule has 0 fully saturated rings. The third kappa shape index (κ3) is 3.78. The topological polar surface area (TPSA) is 96.2 Å². The Hall–Kier alpha value is -2.05. The van der Waals surface area contributed by atoms with Crippen LogP contribution in [0, 0.1) is 6.92 Å². The molecule has 3 N–H and O–H groups in total.